The first-order valence-electron chi connectivity index (χ1n) is 5.64. The number of likely N-dealkylation sites (N-methyl/N-ethyl adjacent to an activating group) is 1. The zero-order valence-electron chi connectivity index (χ0n) is 9.98. The number of hydrogen-bond donors (Lipinski definition) is 1. The van der Waals surface area contributed by atoms with Crippen molar-refractivity contribution in [3.05, 3.63) is 38.1 Å². The Bertz CT molecular complexity index is 478. The highest BCUT2D eigenvalue weighted by Gasteiger charge is 2.14. The number of nitrogens with one attached hydrogen (secondary N) is 1. The van der Waals surface area contributed by atoms with Gasteiger partial charge in [0, 0.05) is 31.9 Å². The van der Waals surface area contributed by atoms with Crippen LogP contribution in [-0.2, 0) is 13.5 Å². The van der Waals surface area contributed by atoms with Gasteiger partial charge in [-0.15, -0.1) is 11.3 Å². The van der Waals surface area contributed by atoms with E-state index >= 15 is 0 Å². The Kier molecular flexibility index (Phi) is 4.58. The summed E-state index contributed by atoms with van der Waals surface area (Å²) in [5.41, 5.74) is 1.37. The van der Waals surface area contributed by atoms with Gasteiger partial charge < -0.3 is 9.88 Å². The Morgan fingerprint density at radius 2 is 2.41 bits per heavy atom. The second-order valence-corrected chi connectivity index (χ2v) is 6.76. The largest absolute Gasteiger partial charge is 0.338 e. The van der Waals surface area contributed by atoms with Crippen molar-refractivity contribution in [3.8, 4) is 0 Å². The van der Waals surface area contributed by atoms with E-state index in [2.05, 4.69) is 55.8 Å². The van der Waals surface area contributed by atoms with Crippen molar-refractivity contribution in [1.82, 2.24) is 14.9 Å². The molecule has 1 atom stereocenters. The normalized spacial score (nSPS) is 12.9. The number of hydrogen-bond acceptors (Lipinski definition) is 3. The summed E-state index contributed by atoms with van der Waals surface area (Å²) in [6.07, 6.45) is 4.79. The van der Waals surface area contributed by atoms with E-state index in [0.717, 1.165) is 18.8 Å². The Morgan fingerprint density at radius 3 is 2.94 bits per heavy atom. The highest BCUT2D eigenvalue weighted by atomic mass is 127. The molecule has 0 aliphatic rings. The van der Waals surface area contributed by atoms with E-state index in [-0.39, 0.29) is 0 Å². The molecule has 0 amide bonds. The first-order chi connectivity index (χ1) is 8.20. The summed E-state index contributed by atoms with van der Waals surface area (Å²) < 4.78 is 3.42. The van der Waals surface area contributed by atoms with Gasteiger partial charge in [-0.3, -0.25) is 0 Å². The smallest absolute Gasteiger partial charge is 0.110 e. The fourth-order valence-electron chi connectivity index (χ4n) is 1.84. The van der Waals surface area contributed by atoms with E-state index in [4.69, 9.17) is 0 Å². The van der Waals surface area contributed by atoms with Crippen molar-refractivity contribution in [2.75, 3.05) is 6.54 Å². The van der Waals surface area contributed by atoms with E-state index in [1.165, 1.54) is 8.45 Å². The maximum Gasteiger partial charge on any atom is 0.110 e. The molecule has 2 aromatic rings. The number of thiophene rings is 1. The molecule has 0 bridgehead atoms. The number of imidazole rings is 1. The van der Waals surface area contributed by atoms with Crippen LogP contribution in [0.3, 0.4) is 0 Å². The predicted octanol–water partition coefficient (Wildman–Crippen LogP) is 2.98. The zero-order chi connectivity index (χ0) is 12.3. The van der Waals surface area contributed by atoms with Crippen LogP contribution >= 0.6 is 33.9 Å². The minimum absolute atomic E-state index is 0.362. The summed E-state index contributed by atoms with van der Waals surface area (Å²) in [7, 11) is 2.04. The second-order valence-electron chi connectivity index (χ2n) is 3.95. The van der Waals surface area contributed by atoms with E-state index < -0.39 is 0 Å². The van der Waals surface area contributed by atoms with Crippen molar-refractivity contribution >= 4 is 33.9 Å². The van der Waals surface area contributed by atoms with Crippen LogP contribution in [0.2, 0.25) is 0 Å². The molecule has 0 aromatic carbocycles. The van der Waals surface area contributed by atoms with Crippen LogP contribution < -0.4 is 5.32 Å². The maximum atomic E-state index is 4.39. The van der Waals surface area contributed by atoms with Crippen LogP contribution in [0.5, 0.6) is 0 Å². The summed E-state index contributed by atoms with van der Waals surface area (Å²) >= 11 is 4.16. The molecule has 0 spiro atoms. The molecule has 5 heteroatoms. The number of nitrogens with zero attached hydrogens (tertiary/aromatic N) is 2. The van der Waals surface area contributed by atoms with Gasteiger partial charge in [-0.2, -0.15) is 0 Å². The van der Waals surface area contributed by atoms with E-state index in [1.807, 2.05) is 19.4 Å². The molecule has 17 heavy (non-hydrogen) atoms. The van der Waals surface area contributed by atoms with Crippen LogP contribution in [0.4, 0.5) is 0 Å². The lowest BCUT2D eigenvalue weighted by Crippen LogP contribution is -2.23. The lowest BCUT2D eigenvalue weighted by Gasteiger charge is -2.16. The van der Waals surface area contributed by atoms with Crippen LogP contribution in [-0.4, -0.2) is 16.1 Å². The van der Waals surface area contributed by atoms with Crippen molar-refractivity contribution in [2.45, 2.75) is 19.4 Å². The average molecular weight is 361 g/mol. The molecule has 0 aliphatic carbocycles. The lowest BCUT2D eigenvalue weighted by molar-refractivity contribution is 0.530. The number of rotatable bonds is 5. The highest BCUT2D eigenvalue weighted by Crippen LogP contribution is 2.24. The Hall–Kier alpha value is -0.400. The molecule has 0 fully saturated rings. The van der Waals surface area contributed by atoms with Gasteiger partial charge in [0.25, 0.3) is 0 Å². The van der Waals surface area contributed by atoms with Gasteiger partial charge in [0.05, 0.1) is 2.88 Å². The highest BCUT2D eigenvalue weighted by molar-refractivity contribution is 14.1. The Balaban J connectivity index is 2.15. The molecule has 1 N–H and O–H groups in total. The third-order valence-electron chi connectivity index (χ3n) is 2.75. The second kappa shape index (κ2) is 5.97. The number of halogens is 1. The van der Waals surface area contributed by atoms with E-state index in [0.29, 0.717) is 6.04 Å². The van der Waals surface area contributed by atoms with Crippen LogP contribution in [0.1, 0.15) is 24.4 Å². The molecular formula is C12H16IN3S. The third-order valence-corrected chi connectivity index (χ3v) is 4.56. The first-order valence-corrected chi connectivity index (χ1v) is 7.60. The molecular weight excluding hydrogens is 345 g/mol. The molecule has 3 nitrogen and oxygen atoms in total. The zero-order valence-corrected chi connectivity index (χ0v) is 13.0. The van der Waals surface area contributed by atoms with Crippen LogP contribution in [0.25, 0.3) is 0 Å². The summed E-state index contributed by atoms with van der Waals surface area (Å²) in [6.45, 7) is 3.12. The van der Waals surface area contributed by atoms with Gasteiger partial charge in [-0.1, -0.05) is 6.92 Å². The van der Waals surface area contributed by atoms with Gasteiger partial charge in [-0.05, 0) is 46.1 Å². The molecule has 2 aromatic heterocycles. The van der Waals surface area contributed by atoms with Crippen LogP contribution in [0, 0.1) is 2.88 Å². The number of aromatic nitrogens is 2. The van der Waals surface area contributed by atoms with E-state index in [9.17, 15) is 0 Å². The first kappa shape index (κ1) is 13.0. The standard InChI is InChI=1S/C12H16IN3S/c1-3-14-10(9-6-11(13)17-8-9)7-12-15-4-5-16(12)2/h4-6,8,10,14H,3,7H2,1-2H3. The Labute approximate surface area is 119 Å². The lowest BCUT2D eigenvalue weighted by atomic mass is 10.1. The van der Waals surface area contributed by atoms with Crippen molar-refractivity contribution < 1.29 is 0 Å². The van der Waals surface area contributed by atoms with Gasteiger partial charge in [0.1, 0.15) is 5.82 Å². The average Bonchev–Trinajstić information content (AvgIpc) is 2.88. The minimum Gasteiger partial charge on any atom is -0.338 e. The molecule has 2 heterocycles. The SMILES string of the molecule is CCNC(Cc1nccn1C)c1csc(I)c1. The number of aryl methyl sites for hydroxylation is 1. The molecule has 0 saturated heterocycles. The fraction of sp³-hybridized carbons (Fsp3) is 0.417. The fourth-order valence-corrected chi connectivity index (χ4v) is 3.26. The van der Waals surface area contributed by atoms with Gasteiger partial charge in [-0.25, -0.2) is 4.98 Å². The summed E-state index contributed by atoms with van der Waals surface area (Å²) in [5.74, 6) is 1.12. The summed E-state index contributed by atoms with van der Waals surface area (Å²) in [6, 6.07) is 2.61. The molecule has 0 aliphatic heterocycles. The quantitative estimate of drug-likeness (QED) is 0.830. The topological polar surface area (TPSA) is 29.9 Å². The van der Waals surface area contributed by atoms with Gasteiger partial charge in [0.2, 0.25) is 0 Å². The summed E-state index contributed by atoms with van der Waals surface area (Å²) in [5, 5.41) is 5.76. The van der Waals surface area contributed by atoms with Crippen LogP contribution in [0.15, 0.2) is 23.8 Å². The van der Waals surface area contributed by atoms with Crippen molar-refractivity contribution in [2.24, 2.45) is 7.05 Å². The minimum atomic E-state index is 0.362. The Morgan fingerprint density at radius 1 is 1.59 bits per heavy atom. The van der Waals surface area contributed by atoms with E-state index in [1.54, 1.807) is 11.3 Å². The third kappa shape index (κ3) is 3.29. The summed E-state index contributed by atoms with van der Waals surface area (Å²) in [4.78, 5) is 4.39. The molecule has 0 radical (unpaired) electrons. The van der Waals surface area contributed by atoms with Crippen molar-refractivity contribution in [1.29, 1.82) is 0 Å². The van der Waals surface area contributed by atoms with Gasteiger partial charge >= 0.3 is 0 Å². The molecule has 1 unspecified atom stereocenters. The molecule has 2 rings (SSSR count). The predicted molar refractivity (Wildman–Crippen MR) is 80.4 cm³/mol. The molecule has 0 saturated carbocycles. The molecule has 92 valence electrons. The maximum absolute atomic E-state index is 4.39. The van der Waals surface area contributed by atoms with Crippen molar-refractivity contribution in [3.63, 3.8) is 0 Å². The monoisotopic (exact) mass is 361 g/mol. The van der Waals surface area contributed by atoms with Gasteiger partial charge in [0.15, 0.2) is 0 Å².